The highest BCUT2D eigenvalue weighted by molar-refractivity contribution is 7.89. The third-order valence-electron chi connectivity index (χ3n) is 3.66. The van der Waals surface area contributed by atoms with Crippen molar-refractivity contribution in [2.45, 2.75) is 37.5 Å². The Balaban J connectivity index is 2.07. The predicted octanol–water partition coefficient (Wildman–Crippen LogP) is 1.44. The summed E-state index contributed by atoms with van der Waals surface area (Å²) in [4.78, 5) is 0.382. The summed E-state index contributed by atoms with van der Waals surface area (Å²) in [6, 6.07) is 5.47. The lowest BCUT2D eigenvalue weighted by Crippen LogP contribution is -2.29. The molecule has 1 aliphatic rings. The average Bonchev–Trinajstić information content (AvgIpc) is 2.84. The minimum absolute atomic E-state index is 0.259. The van der Waals surface area contributed by atoms with Crippen LogP contribution in [0.25, 0.3) is 0 Å². The molecule has 19 heavy (non-hydrogen) atoms. The van der Waals surface area contributed by atoms with Crippen LogP contribution in [-0.2, 0) is 22.9 Å². The van der Waals surface area contributed by atoms with E-state index in [1.165, 1.54) is 11.1 Å². The zero-order chi connectivity index (χ0) is 13.9. The molecule has 5 heteroatoms. The van der Waals surface area contributed by atoms with Crippen molar-refractivity contribution in [1.29, 1.82) is 0 Å². The summed E-state index contributed by atoms with van der Waals surface area (Å²) < 4.78 is 27.1. The maximum absolute atomic E-state index is 12.2. The fourth-order valence-electron chi connectivity index (χ4n) is 2.44. The first-order valence-electron chi connectivity index (χ1n) is 6.84. The fourth-order valence-corrected chi connectivity index (χ4v) is 3.65. The lowest BCUT2D eigenvalue weighted by molar-refractivity contribution is 0.515. The van der Waals surface area contributed by atoms with Gasteiger partial charge in [-0.15, -0.1) is 0 Å². The number of hydrogen-bond donors (Lipinski definition) is 2. The van der Waals surface area contributed by atoms with E-state index in [1.807, 2.05) is 19.1 Å². The van der Waals surface area contributed by atoms with Crippen molar-refractivity contribution in [3.8, 4) is 0 Å². The largest absolute Gasteiger partial charge is 0.330 e. The van der Waals surface area contributed by atoms with Gasteiger partial charge in [0.1, 0.15) is 0 Å². The molecule has 1 aromatic rings. The van der Waals surface area contributed by atoms with Gasteiger partial charge in [-0.25, -0.2) is 13.1 Å². The number of nitrogens with two attached hydrogens (primary N) is 1. The van der Waals surface area contributed by atoms with Crippen molar-refractivity contribution >= 4 is 10.0 Å². The molecule has 0 radical (unpaired) electrons. The van der Waals surface area contributed by atoms with Crippen LogP contribution in [-0.4, -0.2) is 21.5 Å². The van der Waals surface area contributed by atoms with Crippen LogP contribution in [0.2, 0.25) is 0 Å². The van der Waals surface area contributed by atoms with Crippen LogP contribution in [0, 0.1) is 5.92 Å². The Bertz CT molecular complexity index is 540. The van der Waals surface area contributed by atoms with E-state index in [9.17, 15) is 8.42 Å². The molecular formula is C14H22N2O2S. The Morgan fingerprint density at radius 1 is 1.32 bits per heavy atom. The topological polar surface area (TPSA) is 72.2 Å². The maximum atomic E-state index is 12.2. The first kappa shape index (κ1) is 14.5. The van der Waals surface area contributed by atoms with Gasteiger partial charge in [0, 0.05) is 6.54 Å². The van der Waals surface area contributed by atoms with Crippen molar-refractivity contribution in [2.24, 2.45) is 11.7 Å². The monoisotopic (exact) mass is 282 g/mol. The SMILES string of the molecule is CC(CCN)CNS(=O)(=O)c1ccc2c(c1)CCC2. The number of nitrogens with one attached hydrogen (secondary N) is 1. The minimum atomic E-state index is -3.39. The van der Waals surface area contributed by atoms with E-state index in [2.05, 4.69) is 4.72 Å². The van der Waals surface area contributed by atoms with E-state index in [4.69, 9.17) is 5.73 Å². The second kappa shape index (κ2) is 6.03. The minimum Gasteiger partial charge on any atom is -0.330 e. The summed E-state index contributed by atoms with van der Waals surface area (Å²) in [5.74, 6) is 0.259. The van der Waals surface area contributed by atoms with Crippen LogP contribution in [0.15, 0.2) is 23.1 Å². The van der Waals surface area contributed by atoms with E-state index in [0.717, 1.165) is 25.7 Å². The van der Waals surface area contributed by atoms with Crippen molar-refractivity contribution in [2.75, 3.05) is 13.1 Å². The first-order chi connectivity index (χ1) is 9.03. The van der Waals surface area contributed by atoms with Gasteiger partial charge in [-0.05, 0) is 61.4 Å². The number of aryl methyl sites for hydroxylation is 2. The number of fused-ring (bicyclic) bond motifs is 1. The average molecular weight is 282 g/mol. The van der Waals surface area contributed by atoms with Gasteiger partial charge in [0.05, 0.1) is 4.90 Å². The van der Waals surface area contributed by atoms with Gasteiger partial charge in [-0.3, -0.25) is 0 Å². The number of rotatable bonds is 6. The molecule has 1 aliphatic carbocycles. The summed E-state index contributed by atoms with van der Waals surface area (Å²) >= 11 is 0. The molecule has 4 nitrogen and oxygen atoms in total. The second-order valence-corrected chi connectivity index (χ2v) is 7.09. The van der Waals surface area contributed by atoms with Gasteiger partial charge < -0.3 is 5.73 Å². The summed E-state index contributed by atoms with van der Waals surface area (Å²) in [7, 11) is -3.39. The molecule has 106 valence electrons. The predicted molar refractivity (Wildman–Crippen MR) is 76.5 cm³/mol. The zero-order valence-corrected chi connectivity index (χ0v) is 12.2. The van der Waals surface area contributed by atoms with Crippen molar-refractivity contribution in [3.05, 3.63) is 29.3 Å². The van der Waals surface area contributed by atoms with Gasteiger partial charge >= 0.3 is 0 Å². The van der Waals surface area contributed by atoms with Gasteiger partial charge in [-0.2, -0.15) is 0 Å². The molecule has 1 unspecified atom stereocenters. The summed E-state index contributed by atoms with van der Waals surface area (Å²) in [6.45, 7) is 3.02. The maximum Gasteiger partial charge on any atom is 0.240 e. The van der Waals surface area contributed by atoms with Gasteiger partial charge in [0.15, 0.2) is 0 Å². The van der Waals surface area contributed by atoms with Crippen molar-refractivity contribution in [3.63, 3.8) is 0 Å². The lowest BCUT2D eigenvalue weighted by Gasteiger charge is -2.12. The Morgan fingerprint density at radius 3 is 2.79 bits per heavy atom. The molecule has 2 rings (SSSR count). The summed E-state index contributed by atoms with van der Waals surface area (Å²) in [5.41, 5.74) is 7.93. The van der Waals surface area contributed by atoms with Crippen LogP contribution >= 0.6 is 0 Å². The molecule has 0 spiro atoms. The van der Waals surface area contributed by atoms with Crippen LogP contribution in [0.5, 0.6) is 0 Å². The Labute approximate surface area is 115 Å². The van der Waals surface area contributed by atoms with E-state index in [-0.39, 0.29) is 5.92 Å². The third-order valence-corrected chi connectivity index (χ3v) is 5.08. The van der Waals surface area contributed by atoms with Crippen LogP contribution in [0.1, 0.15) is 30.9 Å². The molecule has 0 saturated heterocycles. The van der Waals surface area contributed by atoms with Crippen molar-refractivity contribution in [1.82, 2.24) is 4.72 Å². The standard InChI is InChI=1S/C14H22N2O2S/c1-11(7-8-15)10-16-19(17,18)14-6-5-12-3-2-4-13(12)9-14/h5-6,9,11,16H,2-4,7-8,10,15H2,1H3. The molecule has 0 aromatic heterocycles. The van der Waals surface area contributed by atoms with Crippen LogP contribution in [0.4, 0.5) is 0 Å². The van der Waals surface area contributed by atoms with E-state index >= 15 is 0 Å². The van der Waals surface area contributed by atoms with E-state index in [0.29, 0.717) is 18.0 Å². The molecular weight excluding hydrogens is 260 g/mol. The molecule has 3 N–H and O–H groups in total. The van der Waals surface area contributed by atoms with Gasteiger partial charge in [-0.1, -0.05) is 13.0 Å². The van der Waals surface area contributed by atoms with Crippen molar-refractivity contribution < 1.29 is 8.42 Å². The summed E-state index contributed by atoms with van der Waals surface area (Å²) in [5, 5.41) is 0. The third kappa shape index (κ3) is 3.55. The Kier molecular flexibility index (Phi) is 4.60. The highest BCUT2D eigenvalue weighted by Gasteiger charge is 2.18. The van der Waals surface area contributed by atoms with Crippen LogP contribution in [0.3, 0.4) is 0 Å². The Morgan fingerprint density at radius 2 is 2.05 bits per heavy atom. The fraction of sp³-hybridized carbons (Fsp3) is 0.571. The van der Waals surface area contributed by atoms with Gasteiger partial charge in [0.2, 0.25) is 10.0 Å². The molecule has 0 fully saturated rings. The molecule has 0 amide bonds. The summed E-state index contributed by atoms with van der Waals surface area (Å²) in [6.07, 6.45) is 4.01. The molecule has 1 atom stereocenters. The molecule has 0 bridgehead atoms. The van der Waals surface area contributed by atoms with E-state index in [1.54, 1.807) is 6.07 Å². The molecule has 0 saturated carbocycles. The number of hydrogen-bond acceptors (Lipinski definition) is 3. The Hall–Kier alpha value is -0.910. The second-order valence-electron chi connectivity index (χ2n) is 5.32. The number of sulfonamides is 1. The molecule has 0 heterocycles. The van der Waals surface area contributed by atoms with E-state index < -0.39 is 10.0 Å². The lowest BCUT2D eigenvalue weighted by atomic mass is 10.1. The number of benzene rings is 1. The highest BCUT2D eigenvalue weighted by atomic mass is 32.2. The smallest absolute Gasteiger partial charge is 0.240 e. The molecule has 0 aliphatic heterocycles. The highest BCUT2D eigenvalue weighted by Crippen LogP contribution is 2.24. The zero-order valence-electron chi connectivity index (χ0n) is 11.4. The van der Waals surface area contributed by atoms with Gasteiger partial charge in [0.25, 0.3) is 0 Å². The quantitative estimate of drug-likeness (QED) is 0.829. The normalized spacial score (nSPS) is 16.3. The first-order valence-corrected chi connectivity index (χ1v) is 8.33. The van der Waals surface area contributed by atoms with Crippen LogP contribution < -0.4 is 10.5 Å². The molecule has 1 aromatic carbocycles.